The fourth-order valence-corrected chi connectivity index (χ4v) is 2.12. The molecule has 19 heavy (non-hydrogen) atoms. The second-order valence-corrected chi connectivity index (χ2v) is 4.66. The molecule has 110 valence electrons. The fraction of sp³-hybridized carbons (Fsp3) is 0.818. The maximum Gasteiger partial charge on any atom is 0.406 e. The third kappa shape index (κ3) is 3.17. The van der Waals surface area contributed by atoms with Crippen LogP contribution in [-0.4, -0.2) is 54.7 Å². The highest BCUT2D eigenvalue weighted by molar-refractivity contribution is 5.81. The van der Waals surface area contributed by atoms with Crippen molar-refractivity contribution in [2.75, 3.05) is 26.7 Å². The molecule has 0 radical (unpaired) electrons. The molecule has 5 nitrogen and oxygen atoms in total. The highest BCUT2D eigenvalue weighted by Gasteiger charge is 2.64. The number of carbonyl (C=O) groups excluding carboxylic acids is 1. The van der Waals surface area contributed by atoms with E-state index in [-0.39, 0.29) is 13.0 Å². The zero-order valence-corrected chi connectivity index (χ0v) is 10.6. The summed E-state index contributed by atoms with van der Waals surface area (Å²) in [5.41, 5.74) is -2.81. The van der Waals surface area contributed by atoms with E-state index in [1.807, 2.05) is 0 Å². The molecule has 1 heterocycles. The van der Waals surface area contributed by atoms with Crippen LogP contribution in [0.25, 0.3) is 0 Å². The van der Waals surface area contributed by atoms with Crippen LogP contribution in [0.1, 0.15) is 19.3 Å². The van der Waals surface area contributed by atoms with Gasteiger partial charge in [-0.05, 0) is 26.4 Å². The molecule has 8 heteroatoms. The molecule has 1 aliphatic heterocycles. The normalized spacial score (nSPS) is 23.7. The van der Waals surface area contributed by atoms with E-state index in [0.29, 0.717) is 13.0 Å². The van der Waals surface area contributed by atoms with Crippen molar-refractivity contribution in [2.45, 2.75) is 25.4 Å². The Balaban J connectivity index is 2.70. The zero-order chi connectivity index (χ0) is 14.7. The Morgan fingerprint density at radius 1 is 1.42 bits per heavy atom. The van der Waals surface area contributed by atoms with Crippen molar-refractivity contribution < 1.29 is 27.9 Å². The number of nitrogens with zero attached hydrogens (tertiary/aromatic N) is 1. The highest BCUT2D eigenvalue weighted by atomic mass is 19.4. The summed E-state index contributed by atoms with van der Waals surface area (Å²) in [5.74, 6) is -2.34. The SMILES string of the molecule is CNCCCC(=O)N1CCC(C(=O)O)(C(F)(F)F)C1. The second kappa shape index (κ2) is 5.77. The maximum atomic E-state index is 12.9. The first-order valence-corrected chi connectivity index (χ1v) is 5.97. The Labute approximate surface area is 108 Å². The quantitative estimate of drug-likeness (QED) is 0.734. The molecule has 1 saturated heterocycles. The molecule has 1 atom stereocenters. The predicted molar refractivity (Wildman–Crippen MR) is 60.5 cm³/mol. The van der Waals surface area contributed by atoms with Crippen molar-refractivity contribution in [1.82, 2.24) is 10.2 Å². The van der Waals surface area contributed by atoms with Gasteiger partial charge >= 0.3 is 12.1 Å². The predicted octanol–water partition coefficient (Wildman–Crippen LogP) is 0.852. The minimum absolute atomic E-state index is 0.119. The van der Waals surface area contributed by atoms with Gasteiger partial charge in [-0.2, -0.15) is 13.2 Å². The maximum absolute atomic E-state index is 12.9. The number of carboxylic acid groups (broad SMARTS) is 1. The van der Waals surface area contributed by atoms with Crippen LogP contribution >= 0.6 is 0 Å². The van der Waals surface area contributed by atoms with Crippen molar-refractivity contribution in [3.05, 3.63) is 0 Å². The second-order valence-electron chi connectivity index (χ2n) is 4.66. The van der Waals surface area contributed by atoms with Crippen molar-refractivity contribution >= 4 is 11.9 Å². The Bertz CT molecular complexity index is 360. The standard InChI is InChI=1S/C11H17F3N2O3/c1-15-5-2-3-8(17)16-6-4-10(7-16,9(18)19)11(12,13)14/h15H,2-7H2,1H3,(H,18,19). The third-order valence-electron chi connectivity index (χ3n) is 3.39. The molecule has 1 aliphatic rings. The van der Waals surface area contributed by atoms with Gasteiger partial charge in [-0.3, -0.25) is 9.59 Å². The Morgan fingerprint density at radius 2 is 2.05 bits per heavy atom. The van der Waals surface area contributed by atoms with E-state index >= 15 is 0 Å². The number of carbonyl (C=O) groups is 2. The molecule has 0 aromatic heterocycles. The van der Waals surface area contributed by atoms with Crippen LogP contribution in [-0.2, 0) is 9.59 Å². The largest absolute Gasteiger partial charge is 0.481 e. The molecule has 0 bridgehead atoms. The number of amides is 1. The van der Waals surface area contributed by atoms with Crippen LogP contribution in [0.5, 0.6) is 0 Å². The number of hydrogen-bond acceptors (Lipinski definition) is 3. The molecule has 1 amide bonds. The van der Waals surface area contributed by atoms with Gasteiger partial charge in [0.05, 0.1) is 0 Å². The van der Waals surface area contributed by atoms with E-state index in [4.69, 9.17) is 5.11 Å². The summed E-state index contributed by atoms with van der Waals surface area (Å²) < 4.78 is 38.6. The van der Waals surface area contributed by atoms with Gasteiger partial charge in [0.1, 0.15) is 0 Å². The van der Waals surface area contributed by atoms with Crippen LogP contribution in [0.15, 0.2) is 0 Å². The minimum Gasteiger partial charge on any atom is -0.481 e. The van der Waals surface area contributed by atoms with Crippen LogP contribution in [0.4, 0.5) is 13.2 Å². The molecule has 0 spiro atoms. The van der Waals surface area contributed by atoms with Crippen molar-refractivity contribution in [2.24, 2.45) is 5.41 Å². The van der Waals surface area contributed by atoms with Crippen molar-refractivity contribution in [3.63, 3.8) is 0 Å². The summed E-state index contributed by atoms with van der Waals surface area (Å²) in [6.07, 6.45) is -4.80. The minimum atomic E-state index is -4.85. The summed E-state index contributed by atoms with van der Waals surface area (Å²) in [6.45, 7) is -0.364. The monoisotopic (exact) mass is 282 g/mol. The van der Waals surface area contributed by atoms with Gasteiger partial charge in [0, 0.05) is 19.5 Å². The van der Waals surface area contributed by atoms with Crippen LogP contribution in [0.3, 0.4) is 0 Å². The summed E-state index contributed by atoms with van der Waals surface area (Å²) >= 11 is 0. The van der Waals surface area contributed by atoms with Crippen LogP contribution in [0, 0.1) is 5.41 Å². The van der Waals surface area contributed by atoms with E-state index in [9.17, 15) is 22.8 Å². The topological polar surface area (TPSA) is 69.6 Å². The molecule has 0 saturated carbocycles. The summed E-state index contributed by atoms with van der Waals surface area (Å²) in [6, 6.07) is 0. The van der Waals surface area contributed by atoms with E-state index in [1.54, 1.807) is 7.05 Å². The van der Waals surface area contributed by atoms with Crippen LogP contribution in [0.2, 0.25) is 0 Å². The molecular weight excluding hydrogens is 265 g/mol. The fourth-order valence-electron chi connectivity index (χ4n) is 2.12. The number of hydrogen-bond donors (Lipinski definition) is 2. The number of halogens is 3. The number of alkyl halides is 3. The smallest absolute Gasteiger partial charge is 0.406 e. The van der Waals surface area contributed by atoms with E-state index in [2.05, 4.69) is 5.32 Å². The molecule has 2 N–H and O–H groups in total. The number of likely N-dealkylation sites (tertiary alicyclic amines) is 1. The van der Waals surface area contributed by atoms with E-state index < -0.39 is 36.4 Å². The van der Waals surface area contributed by atoms with Crippen molar-refractivity contribution in [3.8, 4) is 0 Å². The molecule has 0 aromatic rings. The first-order chi connectivity index (χ1) is 8.74. The average Bonchev–Trinajstić information content (AvgIpc) is 2.74. The number of nitrogens with one attached hydrogen (secondary N) is 1. The first kappa shape index (κ1) is 15.7. The molecular formula is C11H17F3N2O3. The van der Waals surface area contributed by atoms with E-state index in [0.717, 1.165) is 4.90 Å². The van der Waals surface area contributed by atoms with Gasteiger partial charge in [-0.1, -0.05) is 0 Å². The molecule has 0 aliphatic carbocycles. The number of aliphatic carboxylic acids is 1. The van der Waals surface area contributed by atoms with Gasteiger partial charge in [0.2, 0.25) is 5.91 Å². The van der Waals surface area contributed by atoms with Gasteiger partial charge in [0.25, 0.3) is 0 Å². The zero-order valence-electron chi connectivity index (χ0n) is 10.6. The Kier molecular flexibility index (Phi) is 4.78. The lowest BCUT2D eigenvalue weighted by Crippen LogP contribution is -2.47. The van der Waals surface area contributed by atoms with E-state index in [1.165, 1.54) is 0 Å². The average molecular weight is 282 g/mol. The number of carboxylic acids is 1. The summed E-state index contributed by atoms with van der Waals surface area (Å²) in [7, 11) is 1.71. The van der Waals surface area contributed by atoms with Gasteiger partial charge in [-0.15, -0.1) is 0 Å². The lowest BCUT2D eigenvalue weighted by Gasteiger charge is -2.27. The summed E-state index contributed by atoms with van der Waals surface area (Å²) in [4.78, 5) is 23.6. The lowest BCUT2D eigenvalue weighted by molar-refractivity contribution is -0.227. The first-order valence-electron chi connectivity index (χ1n) is 5.97. The lowest BCUT2D eigenvalue weighted by atomic mass is 9.86. The molecule has 0 aromatic carbocycles. The van der Waals surface area contributed by atoms with Gasteiger partial charge in [0.15, 0.2) is 5.41 Å². The molecule has 1 fully saturated rings. The Morgan fingerprint density at radius 3 is 2.47 bits per heavy atom. The van der Waals surface area contributed by atoms with Crippen molar-refractivity contribution in [1.29, 1.82) is 0 Å². The summed E-state index contributed by atoms with van der Waals surface area (Å²) in [5, 5.41) is 11.7. The molecule has 1 unspecified atom stereocenters. The third-order valence-corrected chi connectivity index (χ3v) is 3.39. The van der Waals surface area contributed by atoms with Gasteiger partial charge < -0.3 is 15.3 Å². The Hall–Kier alpha value is -1.31. The number of rotatable bonds is 5. The van der Waals surface area contributed by atoms with Gasteiger partial charge in [-0.25, -0.2) is 0 Å². The highest BCUT2D eigenvalue weighted by Crippen LogP contribution is 2.45. The molecule has 1 rings (SSSR count). The van der Waals surface area contributed by atoms with Crippen LogP contribution < -0.4 is 5.32 Å².